The average molecular weight is 2050 g/mol. The maximum atomic E-state index is 13.7. The van der Waals surface area contributed by atoms with E-state index in [-0.39, 0.29) is 147 Å². The lowest BCUT2D eigenvalue weighted by molar-refractivity contribution is -0.126. The van der Waals surface area contributed by atoms with Gasteiger partial charge < -0.3 is 19.6 Å². The van der Waals surface area contributed by atoms with Crippen molar-refractivity contribution in [2.75, 3.05) is 56.4 Å². The molecular weight excluding hydrogens is 1890 g/mol. The van der Waals surface area contributed by atoms with E-state index in [2.05, 4.69) is 138 Å². The number of nitrogens with zero attached hydrogens (tertiary/aromatic N) is 10. The SMILES string of the molecule is CN1C(=O)C(C(C)(C)C)=C2C1=C(C(C)(C)C)C(=O)N2C.CN1C(=O)C2=C(C(C)(C)C)N(C)C(=O)C2=C1C(C)(C)C.CN1C(=O)c2c(C(C)(C)C)sc(C(C)(C)C)c2C1=O.Cc1c(C)c(C(C)(C)C)c2c(c1C(C)(C)C)C(=O)N(C)C2=O.Cc1cc2c3c(cc(C)c4c5c(C(C)(C)C)cc6c7c(cc(C(C)(C)C)c(c1c34)c75)C(=O)N(C)C6=O)C(=O)N(C)C2=O.Cn1c(=O)c2c(C(C)(C)C)c3c(=O)n(C)c(=O)c3c(C(C)(C)C)c2c1=O. The maximum Gasteiger partial charge on any atom is 0.262 e. The number of allylic oxidation sites excluding steroid dienone is 2. The molecule has 0 atom stereocenters. The Balaban J connectivity index is 0.000000154. The molecule has 0 aliphatic carbocycles. The molecule has 0 fully saturated rings. The summed E-state index contributed by atoms with van der Waals surface area (Å²) in [4.78, 5) is 220. The Hall–Kier alpha value is -12.8. The summed E-state index contributed by atoms with van der Waals surface area (Å²) < 4.78 is 2.14. The number of rotatable bonds is 0. The first kappa shape index (κ1) is 113. The summed E-state index contributed by atoms with van der Waals surface area (Å²) in [6, 6.07) is 7.77. The molecule has 11 heterocycles. The Labute approximate surface area is 880 Å². The normalized spacial score (nSPS) is 16.7. The van der Waals surface area contributed by atoms with Gasteiger partial charge >= 0.3 is 0 Å². The van der Waals surface area contributed by atoms with Gasteiger partial charge in [0.2, 0.25) is 0 Å². The van der Waals surface area contributed by atoms with Crippen LogP contribution in [0.15, 0.2) is 88.5 Å². The Morgan fingerprint density at radius 3 is 0.664 bits per heavy atom. The molecule has 18 rings (SSSR count). The van der Waals surface area contributed by atoms with Gasteiger partial charge in [-0.05, 0) is 194 Å². The quantitative estimate of drug-likeness (QED) is 0.0774. The van der Waals surface area contributed by atoms with Crippen molar-refractivity contribution in [2.24, 2.45) is 35.8 Å². The number of hydrogen-bond donors (Lipinski definition) is 0. The zero-order valence-corrected chi connectivity index (χ0v) is 98.5. The average Bonchev–Trinajstić information content (AvgIpc) is 1.50. The minimum atomic E-state index is -0.590. The molecule has 10 aromatic rings. The van der Waals surface area contributed by atoms with Gasteiger partial charge in [0.05, 0.1) is 66.3 Å². The molecule has 3 aromatic heterocycles. The first-order valence-corrected chi connectivity index (χ1v) is 52.0. The topological polar surface area (TPSA) is 309 Å². The molecule has 12 amide bonds. The first-order valence-electron chi connectivity index (χ1n) is 51.2. The Morgan fingerprint density at radius 1 is 0.201 bits per heavy atom. The molecule has 0 N–H and O–H groups in total. The number of hydrogen-bond acceptors (Lipinski definition) is 17. The summed E-state index contributed by atoms with van der Waals surface area (Å²) >= 11 is 1.62. The van der Waals surface area contributed by atoms with E-state index < -0.39 is 33.1 Å². The molecule has 794 valence electrons. The highest BCUT2D eigenvalue weighted by molar-refractivity contribution is 7.13. The lowest BCUT2D eigenvalue weighted by Gasteiger charge is -2.34. The first-order chi connectivity index (χ1) is 67.2. The van der Waals surface area contributed by atoms with Crippen LogP contribution in [0.5, 0.6) is 0 Å². The second-order valence-corrected chi connectivity index (χ2v) is 55.3. The predicted molar refractivity (Wildman–Crippen MR) is 597 cm³/mol. The second-order valence-electron chi connectivity index (χ2n) is 54.3. The molecule has 0 radical (unpaired) electrons. The van der Waals surface area contributed by atoms with Crippen molar-refractivity contribution >= 4 is 147 Å². The summed E-state index contributed by atoms with van der Waals surface area (Å²) in [6.45, 7) is 81.6. The highest BCUT2D eigenvalue weighted by Gasteiger charge is 2.55. The van der Waals surface area contributed by atoms with Crippen molar-refractivity contribution in [2.45, 2.75) is 320 Å². The minimum absolute atomic E-state index is 0.00333. The van der Waals surface area contributed by atoms with Gasteiger partial charge in [-0.1, -0.05) is 249 Å². The van der Waals surface area contributed by atoms with E-state index >= 15 is 0 Å². The van der Waals surface area contributed by atoms with Crippen LogP contribution in [0.1, 0.15) is 398 Å². The van der Waals surface area contributed by atoms with Crippen molar-refractivity contribution in [3.05, 3.63) is 221 Å². The van der Waals surface area contributed by atoms with Gasteiger partial charge in [-0.15, -0.1) is 11.3 Å². The van der Waals surface area contributed by atoms with Crippen LogP contribution in [0.4, 0.5) is 0 Å². The van der Waals surface area contributed by atoms with Crippen LogP contribution in [0.2, 0.25) is 0 Å². The van der Waals surface area contributed by atoms with Gasteiger partial charge in [-0.25, -0.2) is 0 Å². The summed E-state index contributed by atoms with van der Waals surface area (Å²) in [5, 5.41) is 8.20. The van der Waals surface area contributed by atoms with Gasteiger partial charge in [-0.3, -0.25) is 105 Å². The Bertz CT molecular complexity index is 7620. The van der Waals surface area contributed by atoms with Gasteiger partial charge in [0.1, 0.15) is 0 Å². The molecule has 0 spiro atoms. The van der Waals surface area contributed by atoms with Crippen LogP contribution >= 0.6 is 11.3 Å². The third kappa shape index (κ3) is 17.4. The molecule has 0 saturated heterocycles. The number of carbonyl (C=O) groups is 12. The molecule has 0 bridgehead atoms. The number of benzene rings is 7. The largest absolute Gasteiger partial charge is 0.314 e. The standard InChI is InChI=1S/C36H34N2O4.C20H24N2O4.C19H27NO2.2C16H24N2O2.C15H21NO2S/c1-15-11-17-25-18(32(40)37(9)31(17)39)12-16(2)24-28-22(36(6,7)8)14-20-26-19(33(41)38(10)34(20)42)13-21(35(3,4)5)27(30(26)28)23(15)29(24)25;1-19(2,3)13-9-11(17(25)21(7)15(9)23)14(20(4,5)6)12-10(13)16(24)22(8)18(12)26;1-10-11(2)15(19(6,7)8)13-12(14(10)18(3,4)5)16(21)20(9)17(13)22;1-15(2,3)9-11-12(18(8)13(9)19)10(16(4,5)6)14(20)17(11)7;1-15(2,3)11-9-10(14(20)17(11)7)12(16(4,5)6)18(8)13(9)19;1-14(2,3)10-8-9(11(19-10)15(4,5)6)13(18)16(7)12(8)17/h11-14H,1-10H3;1-8H3;1-9H3;2*1-8H3;1-7H3. The minimum Gasteiger partial charge on any atom is -0.314 e. The van der Waals surface area contributed by atoms with E-state index in [0.717, 1.165) is 130 Å². The van der Waals surface area contributed by atoms with Crippen LogP contribution in [-0.4, -0.2) is 176 Å². The number of fused-ring (bicyclic) bond motifs is 8. The van der Waals surface area contributed by atoms with Crippen LogP contribution in [-0.2, 0) is 76.6 Å². The number of aryl methyl sites for hydroxylation is 2. The second kappa shape index (κ2) is 35.4. The van der Waals surface area contributed by atoms with Gasteiger partial charge in [0.25, 0.3) is 93.1 Å². The molecule has 27 heteroatoms. The van der Waals surface area contributed by atoms with E-state index in [0.29, 0.717) is 77.6 Å². The van der Waals surface area contributed by atoms with Gasteiger partial charge in [0.15, 0.2) is 0 Å². The monoisotopic (exact) mass is 2050 g/mol. The number of amides is 12. The van der Waals surface area contributed by atoms with Crippen LogP contribution in [0.25, 0.3) is 64.6 Å². The number of imide groups is 4. The van der Waals surface area contributed by atoms with E-state index in [1.807, 2.05) is 163 Å². The van der Waals surface area contributed by atoms with Crippen molar-refractivity contribution in [3.63, 3.8) is 0 Å². The molecule has 149 heavy (non-hydrogen) atoms. The van der Waals surface area contributed by atoms with Crippen LogP contribution in [0.3, 0.4) is 0 Å². The molecule has 0 saturated carbocycles. The Morgan fingerprint density at radius 2 is 0.436 bits per heavy atom. The smallest absolute Gasteiger partial charge is 0.262 e. The summed E-state index contributed by atoms with van der Waals surface area (Å²) in [5.41, 5.74) is 14.4. The summed E-state index contributed by atoms with van der Waals surface area (Å²) in [5.74, 6) is -1.98. The zero-order chi connectivity index (χ0) is 114. The third-order valence-corrected chi connectivity index (χ3v) is 32.2. The molecule has 7 aromatic carbocycles. The van der Waals surface area contributed by atoms with Crippen LogP contribution in [0, 0.1) is 49.4 Å². The third-order valence-electron chi connectivity index (χ3n) is 30.2. The van der Waals surface area contributed by atoms with E-state index in [1.54, 1.807) is 80.3 Å². The fourth-order valence-corrected chi connectivity index (χ4v) is 25.2. The summed E-state index contributed by atoms with van der Waals surface area (Å²) in [7, 11) is 16.1. The highest BCUT2D eigenvalue weighted by atomic mass is 32.1. The lowest BCUT2D eigenvalue weighted by atomic mass is 9.71. The van der Waals surface area contributed by atoms with E-state index in [4.69, 9.17) is 0 Å². The summed E-state index contributed by atoms with van der Waals surface area (Å²) in [6.07, 6.45) is 0. The molecule has 8 aliphatic rings. The van der Waals surface area contributed by atoms with Crippen molar-refractivity contribution in [1.82, 2.24) is 48.3 Å². The number of aromatic nitrogens is 2. The fourth-order valence-electron chi connectivity index (χ4n) is 23.8. The van der Waals surface area contributed by atoms with Crippen LogP contribution < -0.4 is 22.2 Å². The van der Waals surface area contributed by atoms with Crippen molar-refractivity contribution in [1.29, 1.82) is 0 Å². The van der Waals surface area contributed by atoms with Crippen molar-refractivity contribution in [3.8, 4) is 0 Å². The van der Waals surface area contributed by atoms with E-state index in [1.165, 1.54) is 40.7 Å². The number of carbonyl (C=O) groups excluding carboxylic acids is 12. The molecule has 26 nitrogen and oxygen atoms in total. The van der Waals surface area contributed by atoms with Gasteiger partial charge in [-0.2, -0.15) is 0 Å². The predicted octanol–water partition coefficient (Wildman–Crippen LogP) is 21.7. The number of likely N-dealkylation sites (N-methyl/N-ethyl adjacent to an activating group) is 4. The number of thiophene rings is 1. The van der Waals surface area contributed by atoms with Gasteiger partial charge in [0, 0.05) is 147 Å². The maximum absolute atomic E-state index is 13.7. The molecule has 0 unspecified atom stereocenters. The zero-order valence-electron chi connectivity index (χ0n) is 97.7. The van der Waals surface area contributed by atoms with E-state index in [9.17, 15) is 76.7 Å². The lowest BCUT2D eigenvalue weighted by Crippen LogP contribution is -2.38. The highest BCUT2D eigenvalue weighted by Crippen LogP contribution is 2.57. The fraction of sp³-hybridized carbons (Fsp3) is 0.508. The molecular formula is C122H154N10O16S. The molecule has 8 aliphatic heterocycles. The Kier molecular flexibility index (Phi) is 27.0. The van der Waals surface area contributed by atoms with Crippen molar-refractivity contribution < 1.29 is 57.5 Å².